The number of methoxy groups -OCH3 is 1. The van der Waals surface area contributed by atoms with E-state index in [4.69, 9.17) is 9.57 Å². The van der Waals surface area contributed by atoms with Crippen molar-refractivity contribution in [1.82, 2.24) is 10.4 Å². The molecule has 9 nitrogen and oxygen atoms in total. The molecule has 1 saturated heterocycles. The largest absolute Gasteiger partial charge is 0.497 e. The van der Waals surface area contributed by atoms with Crippen molar-refractivity contribution in [2.24, 2.45) is 0 Å². The molecule has 1 aliphatic rings. The van der Waals surface area contributed by atoms with Gasteiger partial charge in [0.2, 0.25) is 0 Å². The predicted octanol–water partition coefficient (Wildman–Crippen LogP) is 4.85. The number of carbonyl (C=O) groups excluding carboxylic acids is 4. The summed E-state index contributed by atoms with van der Waals surface area (Å²) < 4.78 is 42.8. The first-order valence-corrected chi connectivity index (χ1v) is 14.4. The molecule has 2 unspecified atom stereocenters. The molecule has 2 N–H and O–H groups in total. The maximum atomic E-state index is 12.8. The van der Waals surface area contributed by atoms with Gasteiger partial charge in [-0.1, -0.05) is 67.4 Å². The van der Waals surface area contributed by atoms with Crippen LogP contribution in [0, 0.1) is 0 Å². The molecular formula is C33H33F3N2O7. The second-order valence-corrected chi connectivity index (χ2v) is 10.6. The highest BCUT2D eigenvalue weighted by molar-refractivity contribution is 6.02. The van der Waals surface area contributed by atoms with Gasteiger partial charge in [-0.25, -0.2) is 4.79 Å². The first kappa shape index (κ1) is 33.2. The molecule has 238 valence electrons. The predicted molar refractivity (Wildman–Crippen MR) is 156 cm³/mol. The molecule has 0 aromatic heterocycles. The van der Waals surface area contributed by atoms with Crippen LogP contribution in [0.4, 0.5) is 13.2 Å². The molecule has 0 saturated carbocycles. The van der Waals surface area contributed by atoms with Crippen LogP contribution in [0.25, 0.3) is 0 Å². The van der Waals surface area contributed by atoms with Crippen LogP contribution in [0.1, 0.15) is 65.6 Å². The van der Waals surface area contributed by atoms with E-state index in [1.807, 2.05) is 47.8 Å². The Morgan fingerprint density at radius 1 is 0.844 bits per heavy atom. The van der Waals surface area contributed by atoms with Crippen LogP contribution in [0.5, 0.6) is 5.75 Å². The lowest BCUT2D eigenvalue weighted by Crippen LogP contribution is -2.42. The van der Waals surface area contributed by atoms with E-state index in [1.54, 1.807) is 24.3 Å². The van der Waals surface area contributed by atoms with Crippen molar-refractivity contribution in [2.75, 3.05) is 13.7 Å². The summed E-state index contributed by atoms with van der Waals surface area (Å²) in [4.78, 5) is 52.8. The number of imide groups is 1. The van der Waals surface area contributed by atoms with E-state index in [-0.39, 0.29) is 37.8 Å². The summed E-state index contributed by atoms with van der Waals surface area (Å²) in [6, 6.07) is 22.7. The van der Waals surface area contributed by atoms with Gasteiger partial charge in [0, 0.05) is 19.4 Å². The summed E-state index contributed by atoms with van der Waals surface area (Å²) in [6.45, 7) is -0.150. The number of aliphatic hydroxyl groups is 1. The number of hydrogen-bond donors (Lipinski definition) is 2. The van der Waals surface area contributed by atoms with Gasteiger partial charge in [0.15, 0.2) is 0 Å². The van der Waals surface area contributed by atoms with Gasteiger partial charge in [-0.05, 0) is 53.8 Å². The lowest BCUT2D eigenvalue weighted by molar-refractivity contribution is -0.173. The van der Waals surface area contributed by atoms with Crippen LogP contribution >= 0.6 is 0 Å². The monoisotopic (exact) mass is 626 g/mol. The van der Waals surface area contributed by atoms with Crippen molar-refractivity contribution in [3.8, 4) is 5.75 Å². The molecule has 0 spiro atoms. The summed E-state index contributed by atoms with van der Waals surface area (Å²) in [5, 5.41) is 14.3. The van der Waals surface area contributed by atoms with Gasteiger partial charge in [-0.15, -0.1) is 5.06 Å². The molecule has 1 heterocycles. The molecule has 0 bridgehead atoms. The number of carbonyl (C=O) groups is 4. The van der Waals surface area contributed by atoms with Gasteiger partial charge in [0.05, 0.1) is 24.2 Å². The Bertz CT molecular complexity index is 1480. The van der Waals surface area contributed by atoms with Crippen molar-refractivity contribution in [1.29, 1.82) is 0 Å². The topological polar surface area (TPSA) is 122 Å². The molecular weight excluding hydrogens is 593 g/mol. The molecule has 0 radical (unpaired) electrons. The number of amides is 3. The number of hydroxylamine groups is 2. The first-order chi connectivity index (χ1) is 21.5. The van der Waals surface area contributed by atoms with Crippen molar-refractivity contribution < 1.29 is 47.0 Å². The highest BCUT2D eigenvalue weighted by Gasteiger charge is 2.43. The van der Waals surface area contributed by atoms with Crippen molar-refractivity contribution >= 4 is 23.7 Å². The Labute approximate surface area is 257 Å². The summed E-state index contributed by atoms with van der Waals surface area (Å²) in [5.74, 6) is -3.48. The Morgan fingerprint density at radius 3 is 1.96 bits per heavy atom. The Morgan fingerprint density at radius 2 is 1.40 bits per heavy atom. The number of nitrogens with zero attached hydrogens (tertiary/aromatic N) is 1. The van der Waals surface area contributed by atoms with Gasteiger partial charge in [0.1, 0.15) is 5.75 Å². The zero-order valence-corrected chi connectivity index (χ0v) is 24.5. The first-order valence-electron chi connectivity index (χ1n) is 14.4. The van der Waals surface area contributed by atoms with Crippen LogP contribution in [0.3, 0.4) is 0 Å². The number of ether oxygens (including phenoxy) is 1. The summed E-state index contributed by atoms with van der Waals surface area (Å²) in [7, 11) is 1.53. The highest BCUT2D eigenvalue weighted by Crippen LogP contribution is 2.44. The molecule has 2 atom stereocenters. The van der Waals surface area contributed by atoms with Gasteiger partial charge >= 0.3 is 18.1 Å². The van der Waals surface area contributed by atoms with Crippen LogP contribution in [0.15, 0.2) is 78.9 Å². The van der Waals surface area contributed by atoms with E-state index in [0.29, 0.717) is 34.8 Å². The second-order valence-electron chi connectivity index (χ2n) is 10.6. The molecule has 12 heteroatoms. The summed E-state index contributed by atoms with van der Waals surface area (Å²) in [6.07, 6.45) is -4.64. The number of halogens is 3. The zero-order valence-electron chi connectivity index (χ0n) is 24.5. The van der Waals surface area contributed by atoms with E-state index in [1.165, 1.54) is 19.2 Å². The highest BCUT2D eigenvalue weighted by atomic mass is 19.4. The molecule has 1 aliphatic heterocycles. The van der Waals surface area contributed by atoms with Crippen LogP contribution in [-0.2, 0) is 24.6 Å². The molecule has 3 aromatic rings. The minimum absolute atomic E-state index is 0.0351. The van der Waals surface area contributed by atoms with E-state index >= 15 is 0 Å². The quantitative estimate of drug-likeness (QED) is 0.158. The molecule has 4 rings (SSSR count). The number of hydrogen-bond acceptors (Lipinski definition) is 7. The smallest absolute Gasteiger partial charge is 0.471 e. The molecule has 0 aliphatic carbocycles. The fourth-order valence-corrected chi connectivity index (χ4v) is 5.45. The number of alkyl halides is 3. The number of benzene rings is 3. The van der Waals surface area contributed by atoms with Gasteiger partial charge in [-0.3, -0.25) is 14.4 Å². The van der Waals surface area contributed by atoms with Gasteiger partial charge < -0.3 is 20.0 Å². The zero-order chi connectivity index (χ0) is 32.6. The number of unbranched alkanes of at least 4 members (excludes halogenated alkanes) is 2. The number of nitrogens with one attached hydrogen (secondary N) is 1. The lowest BCUT2D eigenvalue weighted by atomic mass is 9.64. The summed E-state index contributed by atoms with van der Waals surface area (Å²) >= 11 is 0. The van der Waals surface area contributed by atoms with Crippen molar-refractivity contribution in [3.05, 3.63) is 101 Å². The minimum Gasteiger partial charge on any atom is -0.497 e. The Balaban J connectivity index is 1.64. The van der Waals surface area contributed by atoms with Crippen LogP contribution in [-0.4, -0.2) is 59.8 Å². The van der Waals surface area contributed by atoms with Gasteiger partial charge in [0.25, 0.3) is 11.8 Å². The lowest BCUT2D eigenvalue weighted by Gasteiger charge is -2.40. The maximum absolute atomic E-state index is 12.8. The van der Waals surface area contributed by atoms with Crippen molar-refractivity contribution in [3.63, 3.8) is 0 Å². The Hall–Kier alpha value is -4.71. The van der Waals surface area contributed by atoms with E-state index in [0.717, 1.165) is 5.56 Å². The Kier molecular flexibility index (Phi) is 10.6. The average Bonchev–Trinajstić information content (AvgIpc) is 3.35. The van der Waals surface area contributed by atoms with Crippen LogP contribution < -0.4 is 10.1 Å². The fourth-order valence-electron chi connectivity index (χ4n) is 5.45. The third-order valence-corrected chi connectivity index (χ3v) is 7.73. The fraction of sp³-hybridized carbons (Fsp3) is 0.333. The molecule has 3 aromatic carbocycles. The molecule has 1 fully saturated rings. The third kappa shape index (κ3) is 7.51. The number of aliphatic hydroxyl groups excluding tert-OH is 1. The number of rotatable bonds is 13. The summed E-state index contributed by atoms with van der Waals surface area (Å²) in [5.41, 5.74) is 0.986. The second kappa shape index (κ2) is 14.4. The van der Waals surface area contributed by atoms with E-state index in [9.17, 15) is 37.5 Å². The normalized spacial score (nSPS) is 15.4. The molecule has 45 heavy (non-hydrogen) atoms. The molecule has 3 amide bonds. The SMILES string of the molecule is COc1ccc(C(c2ccccc2)(c2ccc(C(=O)ON3C(=O)CCC3=O)cc2)C(O)CCCCCNC(=O)C(F)(F)F)cc1. The van der Waals surface area contributed by atoms with Gasteiger partial charge in [-0.2, -0.15) is 13.2 Å². The standard InChI is InChI=1S/C33H33F3N2O7/c1-44-26-17-15-25(16-18-26)32(23-8-4-2-5-9-23,27(39)10-6-3-7-21-37-31(43)33(34,35)36)24-13-11-22(12-14-24)30(42)45-38-28(40)19-20-29(38)41/h2,4-5,8-9,11-18,27,39H,3,6-7,10,19-21H2,1H3,(H,37,43). The van der Waals surface area contributed by atoms with Crippen molar-refractivity contribution in [2.45, 2.75) is 56.2 Å². The average molecular weight is 627 g/mol. The van der Waals surface area contributed by atoms with E-state index in [2.05, 4.69) is 0 Å². The maximum Gasteiger partial charge on any atom is 0.471 e. The third-order valence-electron chi connectivity index (χ3n) is 7.73. The van der Waals surface area contributed by atoms with Crippen LogP contribution in [0.2, 0.25) is 0 Å². The minimum atomic E-state index is -4.95. The van der Waals surface area contributed by atoms with E-state index < -0.39 is 41.4 Å².